The maximum absolute atomic E-state index is 13.8. The van der Waals surface area contributed by atoms with Crippen molar-refractivity contribution in [1.82, 2.24) is 19.2 Å². The van der Waals surface area contributed by atoms with Gasteiger partial charge < -0.3 is 5.73 Å². The Labute approximate surface area is 133 Å². The van der Waals surface area contributed by atoms with E-state index < -0.39 is 17.3 Å². The molecule has 6 nitrogen and oxygen atoms in total. The molecule has 4 rings (SSSR count). The Bertz CT molecular complexity index is 1130. The van der Waals surface area contributed by atoms with Gasteiger partial charge in [-0.25, -0.2) is 27.6 Å². The monoisotopic (exact) mass is 327 g/mol. The highest BCUT2D eigenvalue weighted by Crippen LogP contribution is 2.17. The molecule has 2 N–H and O–H groups in total. The molecule has 0 aliphatic carbocycles. The van der Waals surface area contributed by atoms with Crippen molar-refractivity contribution in [3.05, 3.63) is 70.1 Å². The average Bonchev–Trinajstić information content (AvgIpc) is 2.89. The first-order chi connectivity index (χ1) is 11.6. The lowest BCUT2D eigenvalue weighted by molar-refractivity contribution is 0.528. The molecule has 0 aliphatic rings. The van der Waals surface area contributed by atoms with Crippen molar-refractivity contribution in [2.75, 3.05) is 5.73 Å². The normalized spacial score (nSPS) is 11.4. The zero-order valence-electron chi connectivity index (χ0n) is 12.3. The number of hydrogen-bond donors (Lipinski definition) is 1. The first-order valence-electron chi connectivity index (χ1n) is 7.13. The number of anilines is 1. The highest BCUT2D eigenvalue weighted by Gasteiger charge is 2.17. The van der Waals surface area contributed by atoms with Crippen molar-refractivity contribution < 1.29 is 8.78 Å². The van der Waals surface area contributed by atoms with Gasteiger partial charge in [-0.3, -0.25) is 0 Å². The Kier molecular flexibility index (Phi) is 3.05. The Morgan fingerprint density at radius 1 is 1.04 bits per heavy atom. The van der Waals surface area contributed by atoms with E-state index in [1.807, 2.05) is 0 Å². The fourth-order valence-electron chi connectivity index (χ4n) is 2.65. The Hall–Kier alpha value is -3.29. The molecule has 0 amide bonds. The van der Waals surface area contributed by atoms with E-state index in [0.29, 0.717) is 11.0 Å². The summed E-state index contributed by atoms with van der Waals surface area (Å²) in [6.45, 7) is -0.340. The molecule has 0 saturated heterocycles. The van der Waals surface area contributed by atoms with Crippen LogP contribution in [0.5, 0.6) is 0 Å². The Morgan fingerprint density at radius 3 is 2.50 bits per heavy atom. The third kappa shape index (κ3) is 2.03. The van der Waals surface area contributed by atoms with E-state index in [2.05, 4.69) is 10.1 Å². The molecule has 0 fully saturated rings. The highest BCUT2D eigenvalue weighted by molar-refractivity contribution is 5.81. The SMILES string of the molecule is Nc1nc2ccccc2n2c(=O)n(Cc3c(F)cccc3F)nc12. The summed E-state index contributed by atoms with van der Waals surface area (Å²) in [5, 5.41) is 4.09. The molecule has 0 unspecified atom stereocenters. The predicted molar refractivity (Wildman–Crippen MR) is 84.6 cm³/mol. The van der Waals surface area contributed by atoms with E-state index in [-0.39, 0.29) is 23.6 Å². The van der Waals surface area contributed by atoms with E-state index in [0.717, 1.165) is 16.8 Å². The molecule has 0 radical (unpaired) electrons. The number of hydrogen-bond acceptors (Lipinski definition) is 4. The lowest BCUT2D eigenvalue weighted by Crippen LogP contribution is -2.23. The van der Waals surface area contributed by atoms with Crippen LogP contribution in [0.4, 0.5) is 14.6 Å². The van der Waals surface area contributed by atoms with Crippen LogP contribution >= 0.6 is 0 Å². The quantitative estimate of drug-likeness (QED) is 0.610. The van der Waals surface area contributed by atoms with Crippen LogP contribution in [-0.4, -0.2) is 19.2 Å². The van der Waals surface area contributed by atoms with E-state index in [4.69, 9.17) is 5.73 Å². The topological polar surface area (TPSA) is 78.2 Å². The molecule has 0 saturated carbocycles. The molecule has 4 aromatic rings. The molecule has 120 valence electrons. The number of nitrogens with zero attached hydrogens (tertiary/aromatic N) is 4. The van der Waals surface area contributed by atoms with Crippen LogP contribution in [0.1, 0.15) is 5.56 Å². The van der Waals surface area contributed by atoms with Gasteiger partial charge in [0.2, 0.25) is 5.65 Å². The van der Waals surface area contributed by atoms with Gasteiger partial charge in [0.1, 0.15) is 11.6 Å². The second-order valence-corrected chi connectivity index (χ2v) is 5.29. The third-order valence-corrected chi connectivity index (χ3v) is 3.80. The average molecular weight is 327 g/mol. The van der Waals surface area contributed by atoms with Crippen molar-refractivity contribution >= 4 is 22.5 Å². The van der Waals surface area contributed by atoms with Crippen LogP contribution in [-0.2, 0) is 6.54 Å². The number of nitrogen functional groups attached to an aromatic ring is 1. The first kappa shape index (κ1) is 14.3. The van der Waals surface area contributed by atoms with Gasteiger partial charge in [-0.1, -0.05) is 18.2 Å². The van der Waals surface area contributed by atoms with E-state index in [1.54, 1.807) is 24.3 Å². The fraction of sp³-hybridized carbons (Fsp3) is 0.0625. The summed E-state index contributed by atoms with van der Waals surface area (Å²) in [7, 11) is 0. The van der Waals surface area contributed by atoms with Crippen molar-refractivity contribution in [2.24, 2.45) is 0 Å². The van der Waals surface area contributed by atoms with Gasteiger partial charge in [0.05, 0.1) is 17.6 Å². The van der Waals surface area contributed by atoms with Crippen LogP contribution < -0.4 is 11.4 Å². The van der Waals surface area contributed by atoms with Crippen molar-refractivity contribution in [2.45, 2.75) is 6.54 Å². The number of fused-ring (bicyclic) bond motifs is 3. The molecule has 0 spiro atoms. The number of nitrogens with two attached hydrogens (primary N) is 1. The molecule has 8 heteroatoms. The Morgan fingerprint density at radius 2 is 1.75 bits per heavy atom. The molecule has 0 aliphatic heterocycles. The third-order valence-electron chi connectivity index (χ3n) is 3.80. The predicted octanol–water partition coefficient (Wildman–Crippen LogP) is 1.95. The zero-order chi connectivity index (χ0) is 16.8. The summed E-state index contributed by atoms with van der Waals surface area (Å²) in [6, 6.07) is 10.5. The van der Waals surface area contributed by atoms with Gasteiger partial charge >= 0.3 is 5.69 Å². The molecule has 2 aromatic heterocycles. The van der Waals surface area contributed by atoms with Crippen LogP contribution in [0.3, 0.4) is 0 Å². The van der Waals surface area contributed by atoms with E-state index in [1.165, 1.54) is 10.5 Å². The number of halogens is 2. The minimum absolute atomic E-state index is 0.0681. The number of rotatable bonds is 2. The largest absolute Gasteiger partial charge is 0.381 e. The highest BCUT2D eigenvalue weighted by atomic mass is 19.1. The van der Waals surface area contributed by atoms with Gasteiger partial charge in [0, 0.05) is 5.56 Å². The lowest BCUT2D eigenvalue weighted by atomic mass is 10.2. The molecule has 0 atom stereocenters. The van der Waals surface area contributed by atoms with Gasteiger partial charge in [-0.2, -0.15) is 0 Å². The van der Waals surface area contributed by atoms with Crippen molar-refractivity contribution in [3.8, 4) is 0 Å². The summed E-state index contributed by atoms with van der Waals surface area (Å²) >= 11 is 0. The number of aromatic nitrogens is 4. The van der Waals surface area contributed by atoms with Gasteiger partial charge in [0.15, 0.2) is 5.82 Å². The van der Waals surface area contributed by atoms with Crippen LogP contribution in [0, 0.1) is 11.6 Å². The maximum Gasteiger partial charge on any atom is 0.351 e. The second kappa shape index (κ2) is 5.12. The second-order valence-electron chi connectivity index (χ2n) is 5.29. The number of benzene rings is 2. The maximum atomic E-state index is 13.8. The minimum Gasteiger partial charge on any atom is -0.381 e. The fourth-order valence-corrected chi connectivity index (χ4v) is 2.65. The van der Waals surface area contributed by atoms with Gasteiger partial charge in [-0.05, 0) is 24.3 Å². The van der Waals surface area contributed by atoms with Crippen LogP contribution in [0.2, 0.25) is 0 Å². The summed E-state index contributed by atoms with van der Waals surface area (Å²) < 4.78 is 29.9. The van der Waals surface area contributed by atoms with Crippen molar-refractivity contribution in [3.63, 3.8) is 0 Å². The molecular weight excluding hydrogens is 316 g/mol. The standard InChI is InChI=1S/C16H11F2N5O/c17-10-4-3-5-11(18)9(10)8-22-16(24)23-13-7-2-1-6-12(13)20-14(19)15(23)21-22/h1-7H,8H2,(H2,19,20). The summed E-state index contributed by atoms with van der Waals surface area (Å²) in [5.41, 5.74) is 6.28. The molecule has 2 aromatic carbocycles. The molecule has 0 bridgehead atoms. The summed E-state index contributed by atoms with van der Waals surface area (Å²) in [4.78, 5) is 16.9. The Balaban J connectivity index is 1.98. The minimum atomic E-state index is -0.741. The van der Waals surface area contributed by atoms with Crippen molar-refractivity contribution in [1.29, 1.82) is 0 Å². The van der Waals surface area contributed by atoms with Gasteiger partial charge in [0.25, 0.3) is 0 Å². The van der Waals surface area contributed by atoms with E-state index in [9.17, 15) is 13.6 Å². The number of para-hydroxylation sites is 2. The molecule has 24 heavy (non-hydrogen) atoms. The van der Waals surface area contributed by atoms with Gasteiger partial charge in [-0.15, -0.1) is 5.10 Å². The smallest absolute Gasteiger partial charge is 0.351 e. The zero-order valence-corrected chi connectivity index (χ0v) is 12.3. The van der Waals surface area contributed by atoms with E-state index >= 15 is 0 Å². The summed E-state index contributed by atoms with van der Waals surface area (Å²) in [6.07, 6.45) is 0. The first-order valence-corrected chi connectivity index (χ1v) is 7.13. The van der Waals surface area contributed by atoms with Crippen LogP contribution in [0.15, 0.2) is 47.3 Å². The van der Waals surface area contributed by atoms with Crippen LogP contribution in [0.25, 0.3) is 16.7 Å². The molecular formula is C16H11F2N5O. The lowest BCUT2D eigenvalue weighted by Gasteiger charge is -2.03. The molecule has 2 heterocycles. The summed E-state index contributed by atoms with van der Waals surface area (Å²) in [5.74, 6) is -1.41.